The molecule has 0 atom stereocenters. The monoisotopic (exact) mass is 216 g/mol. The summed E-state index contributed by atoms with van der Waals surface area (Å²) in [6.45, 7) is 9.45. The molecule has 0 aliphatic carbocycles. The first-order valence-corrected chi connectivity index (χ1v) is 5.59. The molecule has 0 unspecified atom stereocenters. The highest BCUT2D eigenvalue weighted by Crippen LogP contribution is 2.24. The van der Waals surface area contributed by atoms with E-state index in [1.807, 2.05) is 18.2 Å². The van der Waals surface area contributed by atoms with Crippen LogP contribution in [0.3, 0.4) is 0 Å². The maximum atomic E-state index is 9.78. The molecule has 1 aliphatic heterocycles. The maximum Gasteiger partial charge on any atom is 0.337 e. The molecular weight excluding hydrogens is 200 g/mol. The largest absolute Gasteiger partial charge is 0.337 e. The van der Waals surface area contributed by atoms with E-state index in [0.717, 1.165) is 19.6 Å². The lowest BCUT2D eigenvalue weighted by molar-refractivity contribution is 0.0146. The number of nitrogens with zero attached hydrogens (tertiary/aromatic N) is 2. The summed E-state index contributed by atoms with van der Waals surface area (Å²) in [7, 11) is 0. The average Bonchev–Trinajstić information content (AvgIpc) is 2.34. The molecule has 2 rings (SSSR count). The van der Waals surface area contributed by atoms with Gasteiger partial charge in [-0.05, 0) is 5.56 Å². The highest BCUT2D eigenvalue weighted by Gasteiger charge is 2.37. The Balaban J connectivity index is 1.89. The molecule has 0 saturated carbocycles. The fraction of sp³-hybridized carbons (Fsp3) is 0.462. The van der Waals surface area contributed by atoms with E-state index in [0.29, 0.717) is 12.8 Å². The molecule has 3 nitrogen and oxygen atoms in total. The predicted molar refractivity (Wildman–Crippen MR) is 62.5 cm³/mol. The summed E-state index contributed by atoms with van der Waals surface area (Å²) < 4.78 is 0. The second-order valence-electron chi connectivity index (χ2n) is 4.36. The van der Waals surface area contributed by atoms with Gasteiger partial charge in [-0.1, -0.05) is 30.3 Å². The highest BCUT2D eigenvalue weighted by molar-refractivity contribution is 5.14. The maximum absolute atomic E-state index is 9.78. The molecule has 0 radical (unpaired) electrons. The Morgan fingerprint density at radius 3 is 2.44 bits per heavy atom. The molecule has 84 valence electrons. The van der Waals surface area contributed by atoms with Crippen LogP contribution in [0.1, 0.15) is 18.4 Å². The van der Waals surface area contributed by atoms with Crippen LogP contribution in [0.25, 0.3) is 4.85 Å². The van der Waals surface area contributed by atoms with Gasteiger partial charge in [-0.3, -0.25) is 9.74 Å². The smallest absolute Gasteiger partial charge is 0.324 e. The van der Waals surface area contributed by atoms with Crippen molar-refractivity contribution in [1.82, 2.24) is 4.90 Å². The van der Waals surface area contributed by atoms with E-state index in [4.69, 9.17) is 6.57 Å². The zero-order valence-electron chi connectivity index (χ0n) is 9.26. The number of piperidine rings is 1. The van der Waals surface area contributed by atoms with Crippen LogP contribution in [0.15, 0.2) is 30.3 Å². The average molecular weight is 216 g/mol. The summed E-state index contributed by atoms with van der Waals surface area (Å²) in [5.74, 6) is 0. The molecule has 0 amide bonds. The summed E-state index contributed by atoms with van der Waals surface area (Å²) in [5.41, 5.74) is 0.184. The Bertz CT molecular complexity index is 375. The number of benzene rings is 1. The van der Waals surface area contributed by atoms with Crippen molar-refractivity contribution < 1.29 is 5.11 Å². The van der Waals surface area contributed by atoms with Crippen LogP contribution in [0.4, 0.5) is 0 Å². The van der Waals surface area contributed by atoms with Gasteiger partial charge in [-0.2, -0.15) is 0 Å². The number of likely N-dealkylation sites (tertiary alicyclic amines) is 1. The first-order chi connectivity index (χ1) is 7.72. The van der Waals surface area contributed by atoms with Crippen LogP contribution < -0.4 is 0 Å². The van der Waals surface area contributed by atoms with Gasteiger partial charge in [0.2, 0.25) is 0 Å². The Kier molecular flexibility index (Phi) is 3.23. The molecule has 1 saturated heterocycles. The zero-order valence-corrected chi connectivity index (χ0v) is 9.26. The van der Waals surface area contributed by atoms with E-state index in [1.165, 1.54) is 5.56 Å². The molecule has 1 aromatic rings. The summed E-state index contributed by atoms with van der Waals surface area (Å²) in [6, 6.07) is 10.3. The first-order valence-electron chi connectivity index (χ1n) is 5.59. The quantitative estimate of drug-likeness (QED) is 0.764. The highest BCUT2D eigenvalue weighted by atomic mass is 16.3. The SMILES string of the molecule is [C-]#[N+]C1(O)CCN(Cc2ccccc2)CC1. The van der Waals surface area contributed by atoms with E-state index in [9.17, 15) is 5.11 Å². The fourth-order valence-corrected chi connectivity index (χ4v) is 2.02. The Morgan fingerprint density at radius 1 is 1.25 bits per heavy atom. The first kappa shape index (κ1) is 11.1. The van der Waals surface area contributed by atoms with Crippen molar-refractivity contribution in [2.75, 3.05) is 13.1 Å². The van der Waals surface area contributed by atoms with Crippen LogP contribution in [-0.4, -0.2) is 28.8 Å². The van der Waals surface area contributed by atoms with Crippen molar-refractivity contribution in [2.45, 2.75) is 25.1 Å². The van der Waals surface area contributed by atoms with E-state index < -0.39 is 5.72 Å². The summed E-state index contributed by atoms with van der Waals surface area (Å²) in [4.78, 5) is 5.59. The fourth-order valence-electron chi connectivity index (χ4n) is 2.02. The third-order valence-electron chi connectivity index (χ3n) is 3.11. The van der Waals surface area contributed by atoms with Crippen LogP contribution in [0.5, 0.6) is 0 Å². The van der Waals surface area contributed by atoms with Gasteiger partial charge in [0.1, 0.15) is 0 Å². The van der Waals surface area contributed by atoms with Gasteiger partial charge in [0.15, 0.2) is 0 Å². The minimum absolute atomic E-state index is 0.559. The summed E-state index contributed by atoms with van der Waals surface area (Å²) in [5, 5.41) is 9.78. The van der Waals surface area contributed by atoms with Crippen LogP contribution in [0, 0.1) is 6.57 Å². The normalized spacial score (nSPS) is 20.2. The second kappa shape index (κ2) is 4.65. The van der Waals surface area contributed by atoms with Crippen LogP contribution in [0.2, 0.25) is 0 Å². The lowest BCUT2D eigenvalue weighted by Gasteiger charge is -2.30. The van der Waals surface area contributed by atoms with Gasteiger partial charge >= 0.3 is 5.72 Å². The Morgan fingerprint density at radius 2 is 1.88 bits per heavy atom. The van der Waals surface area contributed by atoms with Crippen molar-refractivity contribution >= 4 is 0 Å². The molecular formula is C13H16N2O. The van der Waals surface area contributed by atoms with Crippen molar-refractivity contribution in [3.63, 3.8) is 0 Å². The Hall–Kier alpha value is -1.37. The van der Waals surface area contributed by atoms with Crippen molar-refractivity contribution in [3.05, 3.63) is 47.3 Å². The standard InChI is InChI=1S/C13H16N2O/c1-14-13(16)7-9-15(10-8-13)11-12-5-3-2-4-6-12/h2-6,16H,7-11H2. The predicted octanol–water partition coefficient (Wildman–Crippen LogP) is 1.89. The minimum Gasteiger partial charge on any atom is -0.324 e. The molecule has 1 aliphatic rings. The van der Waals surface area contributed by atoms with Gasteiger partial charge in [0.25, 0.3) is 0 Å². The van der Waals surface area contributed by atoms with E-state index in [-0.39, 0.29) is 0 Å². The van der Waals surface area contributed by atoms with Crippen molar-refractivity contribution in [3.8, 4) is 0 Å². The molecule has 1 N–H and O–H groups in total. The number of hydrogen-bond acceptors (Lipinski definition) is 2. The second-order valence-corrected chi connectivity index (χ2v) is 4.36. The summed E-state index contributed by atoms with van der Waals surface area (Å²) in [6.07, 6.45) is 1.12. The van der Waals surface area contributed by atoms with E-state index >= 15 is 0 Å². The molecule has 3 heteroatoms. The van der Waals surface area contributed by atoms with E-state index in [1.54, 1.807) is 0 Å². The van der Waals surface area contributed by atoms with Crippen LogP contribution in [-0.2, 0) is 6.54 Å². The summed E-state index contributed by atoms with van der Waals surface area (Å²) >= 11 is 0. The van der Waals surface area contributed by atoms with Gasteiger partial charge in [0.05, 0.1) is 12.8 Å². The molecule has 0 aromatic heterocycles. The third kappa shape index (κ3) is 2.60. The molecule has 0 spiro atoms. The zero-order chi connectivity index (χ0) is 11.4. The Labute approximate surface area is 96.1 Å². The number of hydrogen-bond donors (Lipinski definition) is 1. The molecule has 0 bridgehead atoms. The van der Waals surface area contributed by atoms with Gasteiger partial charge < -0.3 is 5.11 Å². The third-order valence-corrected chi connectivity index (χ3v) is 3.11. The van der Waals surface area contributed by atoms with Crippen molar-refractivity contribution in [2.24, 2.45) is 0 Å². The molecule has 1 fully saturated rings. The molecule has 1 aromatic carbocycles. The van der Waals surface area contributed by atoms with Crippen LogP contribution >= 0.6 is 0 Å². The van der Waals surface area contributed by atoms with Crippen molar-refractivity contribution in [1.29, 1.82) is 0 Å². The van der Waals surface area contributed by atoms with Gasteiger partial charge in [-0.15, -0.1) is 0 Å². The van der Waals surface area contributed by atoms with Gasteiger partial charge in [-0.25, -0.2) is 6.57 Å². The lowest BCUT2D eigenvalue weighted by atomic mass is 10.0. The molecule has 16 heavy (non-hydrogen) atoms. The number of rotatable bonds is 2. The lowest BCUT2D eigenvalue weighted by Crippen LogP contribution is -2.41. The molecule has 1 heterocycles. The number of aliphatic hydroxyl groups is 1. The topological polar surface area (TPSA) is 27.8 Å². The van der Waals surface area contributed by atoms with Gasteiger partial charge in [0, 0.05) is 19.6 Å². The minimum atomic E-state index is -1.10. The van der Waals surface area contributed by atoms with E-state index in [2.05, 4.69) is 21.9 Å².